The smallest absolute Gasteiger partial charge is 0.330 e. The molecule has 0 saturated heterocycles. The van der Waals surface area contributed by atoms with Crippen LogP contribution in [0.5, 0.6) is 23.8 Å². The number of hydrogen-bond acceptors (Lipinski definition) is 14. The summed E-state index contributed by atoms with van der Waals surface area (Å²) in [6.45, 7) is 8.97. The Morgan fingerprint density at radius 3 is 1.26 bits per heavy atom. The molecule has 0 spiro atoms. The van der Waals surface area contributed by atoms with Crippen LogP contribution in [0.15, 0.2) is 110 Å². The molecular weight excluding hydrogens is 1080 g/mol. The monoisotopic (exact) mass is 1140 g/mol. The summed E-state index contributed by atoms with van der Waals surface area (Å²) in [6.07, 6.45) is 3.93. The van der Waals surface area contributed by atoms with Gasteiger partial charge in [-0.3, -0.25) is 14.0 Å². The molecule has 3 aromatic carbocycles. The molecule has 66 heavy (non-hydrogen) atoms. The SMILES string of the molecule is C=CC(=O)OC.CC(=O)O.CC(=O)O.CF.COC(=O)/C=C/c1c(C)nc(OC)nc1OC.COc1nc(C)c(I)c(OC)n1.[2H]C.[Pd].c1ccc([PH+](c2ccccc2)c2ccccc2)cc1. The van der Waals surface area contributed by atoms with E-state index in [9.17, 15) is 14.0 Å². The molecule has 0 atom stereocenters. The van der Waals surface area contributed by atoms with Crippen molar-refractivity contribution in [2.24, 2.45) is 0 Å². The van der Waals surface area contributed by atoms with E-state index in [1.165, 1.54) is 64.9 Å². The van der Waals surface area contributed by atoms with Gasteiger partial charge in [0, 0.05) is 47.8 Å². The molecule has 0 saturated carbocycles. The third-order valence-electron chi connectivity index (χ3n) is 6.94. The maximum atomic E-state index is 11.0. The average molecular weight is 1150 g/mol. The number of alkyl halides is 1. The van der Waals surface area contributed by atoms with Crippen molar-refractivity contribution in [2.45, 2.75) is 35.1 Å². The topological polar surface area (TPSA) is 216 Å². The van der Waals surface area contributed by atoms with E-state index in [1.54, 1.807) is 20.1 Å². The molecule has 0 radical (unpaired) electrons. The fraction of sp³-hybridized carbons (Fsp3) is 0.261. The number of ether oxygens (including phenoxy) is 6. The fourth-order valence-electron chi connectivity index (χ4n) is 4.32. The number of aromatic nitrogens is 4. The third kappa shape index (κ3) is 28.8. The van der Waals surface area contributed by atoms with Gasteiger partial charge < -0.3 is 38.6 Å². The summed E-state index contributed by atoms with van der Waals surface area (Å²) in [5.41, 5.74) is 2.12. The van der Waals surface area contributed by atoms with E-state index < -0.39 is 31.8 Å². The average Bonchev–Trinajstić information content (AvgIpc) is 3.34. The first-order chi connectivity index (χ1) is 31.5. The van der Waals surface area contributed by atoms with Gasteiger partial charge in [-0.25, -0.2) is 9.59 Å². The Morgan fingerprint density at radius 2 is 0.970 bits per heavy atom. The first-order valence-electron chi connectivity index (χ1n) is 19.4. The molecule has 2 N–H and O–H groups in total. The van der Waals surface area contributed by atoms with Crippen LogP contribution in [0.25, 0.3) is 6.08 Å². The Labute approximate surface area is 417 Å². The minimum Gasteiger partial charge on any atom is -0.481 e. The van der Waals surface area contributed by atoms with Crippen LogP contribution in [-0.4, -0.2) is 104 Å². The van der Waals surface area contributed by atoms with E-state index in [-0.39, 0.29) is 26.4 Å². The Balaban J connectivity index is -0.000000379. The Hall–Kier alpha value is -5.87. The molecule has 2 aromatic heterocycles. The van der Waals surface area contributed by atoms with Crippen molar-refractivity contribution in [1.82, 2.24) is 19.9 Å². The Kier molecular flexibility index (Phi) is 39.7. The number of nitrogens with zero attached hydrogens (tertiary/aromatic N) is 4. The third-order valence-corrected chi connectivity index (χ3v) is 10.9. The second kappa shape index (κ2) is 40.6. The largest absolute Gasteiger partial charge is 0.481 e. The number of methoxy groups -OCH3 is 6. The minimum atomic E-state index is -0.877. The van der Waals surface area contributed by atoms with Crippen LogP contribution in [0, 0.1) is 17.4 Å². The van der Waals surface area contributed by atoms with Gasteiger partial charge in [-0.15, -0.1) is 0 Å². The zero-order chi connectivity index (χ0) is 51.0. The summed E-state index contributed by atoms with van der Waals surface area (Å²) in [4.78, 5) is 55.0. The first kappa shape index (κ1) is 64.4. The fourth-order valence-corrected chi connectivity index (χ4v) is 7.36. The number of aliphatic carboxylic acids is 2. The summed E-state index contributed by atoms with van der Waals surface area (Å²) in [7, 11) is 9.54. The molecule has 20 heteroatoms. The van der Waals surface area contributed by atoms with E-state index in [1.807, 2.05) is 6.92 Å². The number of carboxylic acid groups (broad SMARTS) is 2. The van der Waals surface area contributed by atoms with Gasteiger partial charge in [-0.05, 0) is 78.9 Å². The number of aryl methyl sites for hydroxylation is 2. The molecule has 0 aliphatic carbocycles. The number of carbonyl (C=O) groups is 4. The van der Waals surface area contributed by atoms with Crippen LogP contribution in [0.4, 0.5) is 4.39 Å². The summed E-state index contributed by atoms with van der Waals surface area (Å²) in [5.74, 6) is -1.62. The van der Waals surface area contributed by atoms with Gasteiger partial charge in [0.2, 0.25) is 11.8 Å². The quantitative estimate of drug-likeness (QED) is 0.0461. The molecule has 364 valence electrons. The molecule has 0 bridgehead atoms. The van der Waals surface area contributed by atoms with Gasteiger partial charge in [0.1, 0.15) is 15.9 Å². The van der Waals surface area contributed by atoms with Crippen LogP contribution in [-0.2, 0) is 49.1 Å². The number of rotatable bonds is 10. The predicted molar refractivity (Wildman–Crippen MR) is 263 cm³/mol. The van der Waals surface area contributed by atoms with E-state index in [4.69, 9.17) is 40.1 Å². The maximum absolute atomic E-state index is 11.0. The molecule has 0 unspecified atom stereocenters. The van der Waals surface area contributed by atoms with Gasteiger partial charge in [0.05, 0.1) is 78.3 Å². The maximum Gasteiger partial charge on any atom is 0.330 e. The number of esters is 2. The second-order valence-corrected chi connectivity index (χ2v) is 15.0. The predicted octanol–water partition coefficient (Wildman–Crippen LogP) is 7.32. The van der Waals surface area contributed by atoms with E-state index in [0.29, 0.717) is 36.2 Å². The Morgan fingerprint density at radius 1 is 0.636 bits per heavy atom. The van der Waals surface area contributed by atoms with Crippen molar-refractivity contribution < 1.29 is 84.0 Å². The van der Waals surface area contributed by atoms with E-state index >= 15 is 0 Å². The van der Waals surface area contributed by atoms with Crippen LogP contribution < -0.4 is 34.9 Å². The van der Waals surface area contributed by atoms with Crippen molar-refractivity contribution in [3.63, 3.8) is 0 Å². The number of hydrogen-bond donors (Lipinski definition) is 2. The van der Waals surface area contributed by atoms with Crippen LogP contribution in [0.2, 0.25) is 0 Å². The molecule has 16 nitrogen and oxygen atoms in total. The molecule has 5 aromatic rings. The first-order valence-corrected chi connectivity index (χ1v) is 21.0. The van der Waals surface area contributed by atoms with Gasteiger partial charge in [0.15, 0.2) is 0 Å². The summed E-state index contributed by atoms with van der Waals surface area (Å²) < 4.78 is 44.7. The van der Waals surface area contributed by atoms with Crippen LogP contribution in [0.1, 0.15) is 39.6 Å². The summed E-state index contributed by atoms with van der Waals surface area (Å²) in [6, 6.07) is 33.1. The van der Waals surface area contributed by atoms with Crippen molar-refractivity contribution >= 4 is 76.4 Å². The number of carbonyl (C=O) groups excluding carboxylic acids is 2. The molecule has 5 rings (SSSR count). The van der Waals surface area contributed by atoms with Gasteiger partial charge >= 0.3 is 24.0 Å². The van der Waals surface area contributed by atoms with Crippen molar-refractivity contribution in [2.75, 3.05) is 49.8 Å². The normalized spacial score (nSPS) is 9.05. The zero-order valence-electron chi connectivity index (χ0n) is 39.9. The summed E-state index contributed by atoms with van der Waals surface area (Å²) >= 11 is 2.13. The van der Waals surface area contributed by atoms with E-state index in [0.717, 1.165) is 29.2 Å². The van der Waals surface area contributed by atoms with E-state index in [2.05, 4.69) is 150 Å². The Bertz CT molecular complexity index is 2060. The number of halogens is 2. The second-order valence-electron chi connectivity index (χ2n) is 11.4. The van der Waals surface area contributed by atoms with Crippen molar-refractivity contribution in [1.29, 1.82) is 0 Å². The zero-order valence-corrected chi connectivity index (χ0v) is 43.6. The van der Waals surface area contributed by atoms with Gasteiger partial charge in [-0.1, -0.05) is 68.6 Å². The van der Waals surface area contributed by atoms with Gasteiger partial charge in [-0.2, -0.15) is 19.9 Å². The molecule has 0 aliphatic rings. The van der Waals surface area contributed by atoms with Crippen LogP contribution in [0.3, 0.4) is 0 Å². The van der Waals surface area contributed by atoms with Crippen molar-refractivity contribution in [3.8, 4) is 23.8 Å². The standard InChI is InChI=1S/C18H15P.C11H14N2O4.C7H9IN2O2.C4H6O2.2C2H4O2.CH3F.CH4.Pd/c1-4-10-16(11-5-1)19(17-12-6-2-7-13-17)18-14-8-3-9-15-18;1-7-8(5-6-9(14)15-2)10(16-3)13-11(12-7)17-4;1-4-5(8)6(11-2)10-7(9-4)12-3;1-3-4(5)6-2;2*1-2(3)4;1-2;;/h1-15H;5-6H,1-4H3;1-3H3;3H,1H2,2H3;2*1H3,(H,3,4);1H3;1H4;/p+1/b;6-5+;;;;;;;/i;;;;;;;1D;. The van der Waals surface area contributed by atoms with Gasteiger partial charge in [0.25, 0.3) is 11.9 Å². The molecular formula is C46H60FIN4O12PPd+. The molecule has 0 aliphatic heterocycles. The number of carboxylic acids is 2. The number of benzene rings is 3. The molecule has 0 amide bonds. The minimum absolute atomic E-state index is 0. The summed E-state index contributed by atoms with van der Waals surface area (Å²) in [5, 5.41) is 19.1. The van der Waals surface area contributed by atoms with Crippen LogP contribution >= 0.6 is 30.5 Å². The van der Waals surface area contributed by atoms with Crippen molar-refractivity contribution in [3.05, 3.63) is 130 Å². The molecule has 2 heterocycles. The molecule has 0 fully saturated rings.